The Kier molecular flexibility index (Phi) is 7.97. The van der Waals surface area contributed by atoms with Crippen LogP contribution in [0.4, 0.5) is 5.95 Å². The number of rotatable bonds is 11. The van der Waals surface area contributed by atoms with Crippen LogP contribution < -0.4 is 5.73 Å². The summed E-state index contributed by atoms with van der Waals surface area (Å²) in [6.45, 7) is -0.109. The molecule has 0 aliphatic heterocycles. The van der Waals surface area contributed by atoms with Crippen molar-refractivity contribution in [2.24, 2.45) is 0 Å². The molecule has 4 rings (SSSR count). The molecule has 0 aliphatic carbocycles. The van der Waals surface area contributed by atoms with Crippen LogP contribution in [0.1, 0.15) is 11.1 Å². The average Bonchev–Trinajstić information content (AvgIpc) is 3.26. The van der Waals surface area contributed by atoms with E-state index in [1.165, 1.54) is 0 Å². The SMILES string of the molecule is Nc1ncc2c(ncn2COC(COC(=O)Cc2ccccc2)COC(=O)Cc2ccccc2)n1. The van der Waals surface area contributed by atoms with Gasteiger partial charge < -0.3 is 24.5 Å². The molecule has 0 aliphatic rings. The minimum atomic E-state index is -0.693. The highest BCUT2D eigenvalue weighted by Gasteiger charge is 2.17. The summed E-state index contributed by atoms with van der Waals surface area (Å²) in [6.07, 6.45) is 2.65. The normalized spacial score (nSPS) is 11.0. The van der Waals surface area contributed by atoms with Gasteiger partial charge in [-0.3, -0.25) is 9.59 Å². The number of fused-ring (bicyclic) bond motifs is 1. The van der Waals surface area contributed by atoms with Gasteiger partial charge in [0, 0.05) is 0 Å². The molecule has 0 saturated heterocycles. The highest BCUT2D eigenvalue weighted by atomic mass is 16.6. The van der Waals surface area contributed by atoms with Crippen molar-refractivity contribution >= 4 is 29.1 Å². The molecule has 0 spiro atoms. The van der Waals surface area contributed by atoms with Gasteiger partial charge in [-0.1, -0.05) is 60.7 Å². The van der Waals surface area contributed by atoms with Gasteiger partial charge in [-0.05, 0) is 11.1 Å². The Bertz CT molecular complexity index is 1210. The molecule has 10 heteroatoms. The van der Waals surface area contributed by atoms with E-state index in [9.17, 15) is 9.59 Å². The predicted octanol–water partition coefficient (Wildman–Crippen LogP) is 2.32. The van der Waals surface area contributed by atoms with Crippen molar-refractivity contribution in [1.82, 2.24) is 19.5 Å². The molecule has 180 valence electrons. The lowest BCUT2D eigenvalue weighted by Crippen LogP contribution is -2.30. The van der Waals surface area contributed by atoms with Crippen LogP contribution in [0.25, 0.3) is 11.2 Å². The molecule has 35 heavy (non-hydrogen) atoms. The number of aromatic nitrogens is 4. The van der Waals surface area contributed by atoms with Crippen molar-refractivity contribution in [2.75, 3.05) is 18.9 Å². The average molecular weight is 476 g/mol. The van der Waals surface area contributed by atoms with Gasteiger partial charge in [0.1, 0.15) is 31.6 Å². The lowest BCUT2D eigenvalue weighted by Gasteiger charge is -2.18. The lowest BCUT2D eigenvalue weighted by molar-refractivity contribution is -0.156. The van der Waals surface area contributed by atoms with E-state index in [0.29, 0.717) is 11.2 Å². The Labute approximate surface area is 201 Å². The second kappa shape index (κ2) is 11.7. The van der Waals surface area contributed by atoms with Gasteiger partial charge in [-0.2, -0.15) is 4.98 Å². The second-order valence-electron chi connectivity index (χ2n) is 7.76. The number of imidazole rings is 1. The summed E-state index contributed by atoms with van der Waals surface area (Å²) in [5, 5.41) is 0. The highest BCUT2D eigenvalue weighted by Crippen LogP contribution is 2.11. The maximum atomic E-state index is 12.3. The fourth-order valence-corrected chi connectivity index (χ4v) is 3.30. The number of ether oxygens (including phenoxy) is 3. The van der Waals surface area contributed by atoms with Crippen LogP contribution in [0, 0.1) is 0 Å². The molecule has 0 radical (unpaired) electrons. The molecule has 0 atom stereocenters. The first kappa shape index (κ1) is 23.8. The van der Waals surface area contributed by atoms with Gasteiger partial charge in [0.2, 0.25) is 5.95 Å². The summed E-state index contributed by atoms with van der Waals surface area (Å²) in [5.41, 5.74) is 8.34. The molecule has 4 aromatic rings. The van der Waals surface area contributed by atoms with Crippen molar-refractivity contribution in [3.8, 4) is 0 Å². The van der Waals surface area contributed by atoms with Crippen molar-refractivity contribution in [3.05, 3.63) is 84.3 Å². The van der Waals surface area contributed by atoms with Crippen LogP contribution in [0.2, 0.25) is 0 Å². The molecule has 2 N–H and O–H groups in total. The third kappa shape index (κ3) is 7.08. The van der Waals surface area contributed by atoms with Gasteiger partial charge in [-0.25, -0.2) is 9.97 Å². The molecule has 0 amide bonds. The van der Waals surface area contributed by atoms with Crippen LogP contribution in [-0.2, 0) is 43.4 Å². The first-order valence-corrected chi connectivity index (χ1v) is 11.0. The number of carbonyl (C=O) groups is 2. The summed E-state index contributed by atoms with van der Waals surface area (Å²) in [7, 11) is 0. The van der Waals surface area contributed by atoms with E-state index in [0.717, 1.165) is 11.1 Å². The number of nitrogens with two attached hydrogens (primary N) is 1. The maximum absolute atomic E-state index is 12.3. The minimum absolute atomic E-state index is 0.0565. The van der Waals surface area contributed by atoms with Crippen LogP contribution in [0.5, 0.6) is 0 Å². The standard InChI is InChI=1S/C25H25N5O5/c26-25-27-13-21-24(29-25)28-16-30(21)17-35-20(14-33-22(31)11-18-7-3-1-4-8-18)15-34-23(32)12-19-9-5-2-6-10-19/h1-10,13,16,20H,11-12,14-15,17H2,(H2,26,27,29). The number of hydrogen-bond donors (Lipinski definition) is 1. The Morgan fingerprint density at radius 1 is 0.857 bits per heavy atom. The summed E-state index contributed by atoms with van der Waals surface area (Å²) in [4.78, 5) is 36.8. The fraction of sp³-hybridized carbons (Fsp3) is 0.240. The van der Waals surface area contributed by atoms with E-state index >= 15 is 0 Å². The third-order valence-electron chi connectivity index (χ3n) is 5.09. The first-order valence-electron chi connectivity index (χ1n) is 11.0. The number of benzene rings is 2. The van der Waals surface area contributed by atoms with Crippen molar-refractivity contribution in [2.45, 2.75) is 25.7 Å². The van der Waals surface area contributed by atoms with E-state index in [2.05, 4.69) is 15.0 Å². The smallest absolute Gasteiger partial charge is 0.310 e. The Hall–Kier alpha value is -4.31. The number of carbonyl (C=O) groups excluding carboxylic acids is 2. The van der Waals surface area contributed by atoms with E-state index in [1.54, 1.807) is 17.1 Å². The van der Waals surface area contributed by atoms with E-state index < -0.39 is 18.0 Å². The van der Waals surface area contributed by atoms with Crippen LogP contribution in [-0.4, -0.2) is 50.8 Å². The van der Waals surface area contributed by atoms with Crippen molar-refractivity contribution in [3.63, 3.8) is 0 Å². The summed E-state index contributed by atoms with van der Waals surface area (Å²) in [6, 6.07) is 18.6. The number of esters is 2. The summed E-state index contributed by atoms with van der Waals surface area (Å²) in [5.74, 6) is -0.688. The van der Waals surface area contributed by atoms with Crippen LogP contribution in [0.3, 0.4) is 0 Å². The fourth-order valence-electron chi connectivity index (χ4n) is 3.30. The Morgan fingerprint density at radius 3 is 2.00 bits per heavy atom. The van der Waals surface area contributed by atoms with Crippen LogP contribution in [0.15, 0.2) is 73.2 Å². The van der Waals surface area contributed by atoms with E-state index in [4.69, 9.17) is 19.9 Å². The number of anilines is 1. The zero-order chi connectivity index (χ0) is 24.5. The lowest BCUT2D eigenvalue weighted by atomic mass is 10.1. The van der Waals surface area contributed by atoms with E-state index in [-0.39, 0.29) is 38.7 Å². The molecular weight excluding hydrogens is 450 g/mol. The van der Waals surface area contributed by atoms with Gasteiger partial charge >= 0.3 is 11.9 Å². The van der Waals surface area contributed by atoms with Crippen molar-refractivity contribution < 1.29 is 23.8 Å². The molecule has 0 fully saturated rings. The zero-order valence-electron chi connectivity index (χ0n) is 18.9. The van der Waals surface area contributed by atoms with Gasteiger partial charge in [0.15, 0.2) is 5.65 Å². The van der Waals surface area contributed by atoms with Gasteiger partial charge in [0.05, 0.1) is 25.4 Å². The summed E-state index contributed by atoms with van der Waals surface area (Å²) >= 11 is 0. The molecule has 2 heterocycles. The van der Waals surface area contributed by atoms with Gasteiger partial charge in [0.25, 0.3) is 0 Å². The first-order chi connectivity index (χ1) is 17.1. The monoisotopic (exact) mass is 475 g/mol. The molecule has 2 aromatic carbocycles. The molecule has 0 bridgehead atoms. The minimum Gasteiger partial charge on any atom is -0.463 e. The largest absolute Gasteiger partial charge is 0.463 e. The number of hydrogen-bond acceptors (Lipinski definition) is 9. The number of nitrogens with zero attached hydrogens (tertiary/aromatic N) is 4. The quantitative estimate of drug-likeness (QED) is 0.325. The molecule has 10 nitrogen and oxygen atoms in total. The van der Waals surface area contributed by atoms with Crippen LogP contribution >= 0.6 is 0 Å². The van der Waals surface area contributed by atoms with Gasteiger partial charge in [-0.15, -0.1) is 0 Å². The third-order valence-corrected chi connectivity index (χ3v) is 5.09. The summed E-state index contributed by atoms with van der Waals surface area (Å²) < 4.78 is 18.4. The Morgan fingerprint density at radius 2 is 1.43 bits per heavy atom. The molecule has 2 aromatic heterocycles. The number of nitrogen functional groups attached to an aromatic ring is 1. The molecule has 0 saturated carbocycles. The molecular formula is C25H25N5O5. The van der Waals surface area contributed by atoms with E-state index in [1.807, 2.05) is 60.7 Å². The topological polar surface area (TPSA) is 131 Å². The maximum Gasteiger partial charge on any atom is 0.310 e. The second-order valence-corrected chi connectivity index (χ2v) is 7.76. The highest BCUT2D eigenvalue weighted by molar-refractivity contribution is 5.73. The molecule has 0 unspecified atom stereocenters. The Balaban J connectivity index is 1.35. The zero-order valence-corrected chi connectivity index (χ0v) is 18.9. The van der Waals surface area contributed by atoms with Crippen molar-refractivity contribution in [1.29, 1.82) is 0 Å². The predicted molar refractivity (Wildman–Crippen MR) is 127 cm³/mol.